The van der Waals surface area contributed by atoms with Gasteiger partial charge in [-0.3, -0.25) is 0 Å². The molecular formula is C8H15NO. The van der Waals surface area contributed by atoms with Crippen molar-refractivity contribution < 1.29 is 4.74 Å². The summed E-state index contributed by atoms with van der Waals surface area (Å²) in [5.74, 6) is 0.676. The van der Waals surface area contributed by atoms with Crippen molar-refractivity contribution in [2.24, 2.45) is 5.73 Å². The lowest BCUT2D eigenvalue weighted by molar-refractivity contribution is 0.155. The summed E-state index contributed by atoms with van der Waals surface area (Å²) in [7, 11) is 0. The van der Waals surface area contributed by atoms with Crippen LogP contribution in [0.4, 0.5) is 0 Å². The molecule has 0 fully saturated rings. The Labute approximate surface area is 62.4 Å². The highest BCUT2D eigenvalue weighted by atomic mass is 16.5. The number of allylic oxidation sites excluding steroid dienone is 2. The second-order valence-corrected chi connectivity index (χ2v) is 2.42. The monoisotopic (exact) mass is 141 g/mol. The van der Waals surface area contributed by atoms with E-state index >= 15 is 0 Å². The van der Waals surface area contributed by atoms with Crippen LogP contribution in [0.5, 0.6) is 0 Å². The van der Waals surface area contributed by atoms with E-state index in [1.807, 2.05) is 13.8 Å². The molecule has 10 heavy (non-hydrogen) atoms. The molecule has 0 rings (SSSR count). The Morgan fingerprint density at radius 1 is 1.60 bits per heavy atom. The molecule has 0 radical (unpaired) electrons. The van der Waals surface area contributed by atoms with Crippen LogP contribution < -0.4 is 5.73 Å². The van der Waals surface area contributed by atoms with Gasteiger partial charge in [0.1, 0.15) is 5.76 Å². The lowest BCUT2D eigenvalue weighted by atomic mass is 10.4. The minimum absolute atomic E-state index is 0.159. The van der Waals surface area contributed by atoms with Crippen LogP contribution >= 0.6 is 0 Å². The fourth-order valence-electron chi connectivity index (χ4n) is 0.556. The van der Waals surface area contributed by atoms with Crippen LogP contribution in [0.2, 0.25) is 0 Å². The molecule has 0 spiro atoms. The van der Waals surface area contributed by atoms with Gasteiger partial charge < -0.3 is 10.5 Å². The van der Waals surface area contributed by atoms with E-state index in [1.54, 1.807) is 13.0 Å². The normalized spacial score (nSPS) is 12.8. The molecule has 0 saturated carbocycles. The van der Waals surface area contributed by atoms with Crippen LogP contribution in [0.15, 0.2) is 24.1 Å². The van der Waals surface area contributed by atoms with Crippen LogP contribution in [-0.4, -0.2) is 6.10 Å². The first-order valence-corrected chi connectivity index (χ1v) is 3.33. The first kappa shape index (κ1) is 9.08. The SMILES string of the molecule is C=C/C(OC(C)C)=C(\C)N. The van der Waals surface area contributed by atoms with Crippen LogP contribution in [-0.2, 0) is 4.74 Å². The topological polar surface area (TPSA) is 35.2 Å². The highest BCUT2D eigenvalue weighted by Gasteiger charge is 1.97. The van der Waals surface area contributed by atoms with Gasteiger partial charge in [0.2, 0.25) is 0 Å². The quantitative estimate of drug-likeness (QED) is 0.480. The van der Waals surface area contributed by atoms with Gasteiger partial charge in [0, 0.05) is 5.70 Å². The van der Waals surface area contributed by atoms with E-state index < -0.39 is 0 Å². The molecule has 0 saturated heterocycles. The Hall–Kier alpha value is -0.920. The van der Waals surface area contributed by atoms with Gasteiger partial charge >= 0.3 is 0 Å². The third kappa shape index (κ3) is 3.17. The summed E-state index contributed by atoms with van der Waals surface area (Å²) in [6.07, 6.45) is 1.78. The second kappa shape index (κ2) is 3.99. The standard InChI is InChI=1S/C8H15NO/c1-5-8(7(4)9)10-6(2)3/h5-6H,1,9H2,2-4H3/b8-7-. The maximum absolute atomic E-state index is 5.48. The van der Waals surface area contributed by atoms with E-state index in [0.717, 1.165) is 0 Å². The summed E-state index contributed by atoms with van der Waals surface area (Å²) in [6, 6.07) is 0. The highest BCUT2D eigenvalue weighted by Crippen LogP contribution is 2.05. The third-order valence-electron chi connectivity index (χ3n) is 0.937. The van der Waals surface area contributed by atoms with E-state index in [9.17, 15) is 0 Å². The maximum atomic E-state index is 5.48. The van der Waals surface area contributed by atoms with Gasteiger partial charge in [-0.25, -0.2) is 0 Å². The summed E-state index contributed by atoms with van der Waals surface area (Å²) >= 11 is 0. The summed E-state index contributed by atoms with van der Waals surface area (Å²) in [5, 5.41) is 0. The predicted molar refractivity (Wildman–Crippen MR) is 43.3 cm³/mol. The molecule has 0 atom stereocenters. The molecule has 0 aromatic carbocycles. The molecule has 0 aliphatic heterocycles. The van der Waals surface area contributed by atoms with Crippen molar-refractivity contribution >= 4 is 0 Å². The smallest absolute Gasteiger partial charge is 0.137 e. The van der Waals surface area contributed by atoms with Crippen molar-refractivity contribution in [2.75, 3.05) is 0 Å². The fourth-order valence-corrected chi connectivity index (χ4v) is 0.556. The van der Waals surface area contributed by atoms with Crippen LogP contribution in [0.25, 0.3) is 0 Å². The van der Waals surface area contributed by atoms with Crippen molar-refractivity contribution in [2.45, 2.75) is 26.9 Å². The minimum atomic E-state index is 0.159. The van der Waals surface area contributed by atoms with Crippen LogP contribution in [0.1, 0.15) is 20.8 Å². The van der Waals surface area contributed by atoms with Gasteiger partial charge in [0.05, 0.1) is 6.10 Å². The molecule has 0 amide bonds. The number of rotatable bonds is 3. The van der Waals surface area contributed by atoms with Crippen molar-refractivity contribution in [3.63, 3.8) is 0 Å². The van der Waals surface area contributed by atoms with Gasteiger partial charge in [0.25, 0.3) is 0 Å². The number of nitrogens with two attached hydrogens (primary N) is 1. The zero-order valence-corrected chi connectivity index (χ0v) is 6.85. The Morgan fingerprint density at radius 3 is 2.20 bits per heavy atom. The average molecular weight is 141 g/mol. The van der Waals surface area contributed by atoms with Crippen molar-refractivity contribution in [1.29, 1.82) is 0 Å². The Bertz CT molecular complexity index is 143. The molecule has 0 aromatic heterocycles. The molecule has 0 unspecified atom stereocenters. The van der Waals surface area contributed by atoms with Crippen molar-refractivity contribution in [3.05, 3.63) is 24.1 Å². The summed E-state index contributed by atoms with van der Waals surface area (Å²) in [5.41, 5.74) is 6.15. The molecule has 58 valence electrons. The lowest BCUT2D eigenvalue weighted by Gasteiger charge is -2.10. The zero-order chi connectivity index (χ0) is 8.15. The van der Waals surface area contributed by atoms with Gasteiger partial charge in [0.15, 0.2) is 0 Å². The Balaban J connectivity index is 4.11. The third-order valence-corrected chi connectivity index (χ3v) is 0.937. The lowest BCUT2D eigenvalue weighted by Crippen LogP contribution is -2.06. The molecule has 0 aromatic rings. The van der Waals surface area contributed by atoms with Crippen molar-refractivity contribution in [3.8, 4) is 0 Å². The first-order valence-electron chi connectivity index (χ1n) is 3.33. The molecule has 2 N–H and O–H groups in total. The van der Waals surface area contributed by atoms with Gasteiger partial charge in [-0.2, -0.15) is 0 Å². The van der Waals surface area contributed by atoms with Crippen LogP contribution in [0, 0.1) is 0 Å². The average Bonchev–Trinajstić information content (AvgIpc) is 1.81. The second-order valence-electron chi connectivity index (χ2n) is 2.42. The molecule has 0 heterocycles. The van der Waals surface area contributed by atoms with E-state index in [-0.39, 0.29) is 6.10 Å². The molecule has 0 aliphatic carbocycles. The summed E-state index contributed by atoms with van der Waals surface area (Å²) in [6.45, 7) is 9.27. The molecule has 2 nitrogen and oxygen atoms in total. The summed E-state index contributed by atoms with van der Waals surface area (Å²) < 4.78 is 5.30. The van der Waals surface area contributed by atoms with Crippen molar-refractivity contribution in [1.82, 2.24) is 0 Å². The van der Waals surface area contributed by atoms with Gasteiger partial charge in [-0.15, -0.1) is 0 Å². The fraction of sp³-hybridized carbons (Fsp3) is 0.500. The number of hydrogen-bond acceptors (Lipinski definition) is 2. The van der Waals surface area contributed by atoms with E-state index in [1.165, 1.54) is 0 Å². The Morgan fingerprint density at radius 2 is 2.10 bits per heavy atom. The Kier molecular flexibility index (Phi) is 3.62. The van der Waals surface area contributed by atoms with E-state index in [0.29, 0.717) is 11.5 Å². The molecular weight excluding hydrogens is 126 g/mol. The van der Waals surface area contributed by atoms with Crippen LogP contribution in [0.3, 0.4) is 0 Å². The number of hydrogen-bond donors (Lipinski definition) is 1. The van der Waals surface area contributed by atoms with Gasteiger partial charge in [-0.05, 0) is 26.8 Å². The zero-order valence-electron chi connectivity index (χ0n) is 6.85. The number of ether oxygens (including phenoxy) is 1. The first-order chi connectivity index (χ1) is 4.57. The maximum Gasteiger partial charge on any atom is 0.137 e. The summed E-state index contributed by atoms with van der Waals surface area (Å²) in [4.78, 5) is 0. The predicted octanol–water partition coefficient (Wildman–Crippen LogP) is 1.79. The molecule has 0 aliphatic rings. The van der Waals surface area contributed by atoms with Gasteiger partial charge in [-0.1, -0.05) is 6.58 Å². The highest BCUT2D eigenvalue weighted by molar-refractivity contribution is 5.13. The van der Waals surface area contributed by atoms with E-state index in [4.69, 9.17) is 10.5 Å². The molecule has 0 bridgehead atoms. The largest absolute Gasteiger partial charge is 0.489 e. The van der Waals surface area contributed by atoms with E-state index in [2.05, 4.69) is 6.58 Å². The minimum Gasteiger partial charge on any atom is -0.489 e. The molecule has 2 heteroatoms.